The van der Waals surface area contributed by atoms with Crippen LogP contribution in [-0.2, 0) is 9.59 Å². The molecule has 8 nitrogen and oxygen atoms in total. The van der Waals surface area contributed by atoms with Crippen molar-refractivity contribution < 1.29 is 19.6 Å². The van der Waals surface area contributed by atoms with Crippen molar-refractivity contribution in [2.45, 2.75) is 6.04 Å². The number of hydrogen-bond acceptors (Lipinski definition) is 6. The van der Waals surface area contributed by atoms with E-state index < -0.39 is 28.4 Å². The first-order valence-electron chi connectivity index (χ1n) is 9.01. The van der Waals surface area contributed by atoms with Crippen molar-refractivity contribution in [1.29, 1.82) is 0 Å². The third-order valence-electron chi connectivity index (χ3n) is 4.82. The minimum Gasteiger partial charge on any atom is -0.507 e. The zero-order chi connectivity index (χ0) is 21.3. The number of carbonyl (C=O) groups excluding carboxylic acids is 2. The first-order chi connectivity index (χ1) is 14.5. The summed E-state index contributed by atoms with van der Waals surface area (Å²) in [6.07, 6.45) is 1.45. The van der Waals surface area contributed by atoms with Gasteiger partial charge >= 0.3 is 5.91 Å². The predicted molar refractivity (Wildman–Crippen MR) is 109 cm³/mol. The maximum atomic E-state index is 13.0. The number of carbonyl (C=O) groups is 2. The Morgan fingerprint density at radius 2 is 1.63 bits per heavy atom. The molecule has 1 aromatic heterocycles. The summed E-state index contributed by atoms with van der Waals surface area (Å²) in [4.78, 5) is 42.2. The van der Waals surface area contributed by atoms with Gasteiger partial charge in [-0.2, -0.15) is 0 Å². The van der Waals surface area contributed by atoms with Gasteiger partial charge in [0.25, 0.3) is 11.5 Å². The van der Waals surface area contributed by atoms with Crippen molar-refractivity contribution in [1.82, 2.24) is 4.98 Å². The van der Waals surface area contributed by atoms with Gasteiger partial charge in [-0.25, -0.2) is 4.98 Å². The first-order valence-corrected chi connectivity index (χ1v) is 9.01. The third kappa shape index (κ3) is 3.10. The van der Waals surface area contributed by atoms with Crippen LogP contribution in [0.1, 0.15) is 17.2 Å². The zero-order valence-corrected chi connectivity index (χ0v) is 15.5. The van der Waals surface area contributed by atoms with Crippen LogP contribution in [0.4, 0.5) is 11.5 Å². The van der Waals surface area contributed by atoms with Crippen molar-refractivity contribution in [2.24, 2.45) is 0 Å². The van der Waals surface area contributed by atoms with Crippen LogP contribution in [-0.4, -0.2) is 26.7 Å². The second-order valence-electron chi connectivity index (χ2n) is 6.54. The highest BCUT2D eigenvalue weighted by atomic mass is 16.6. The number of pyridine rings is 1. The molecule has 4 rings (SSSR count). The second kappa shape index (κ2) is 7.59. The molecule has 8 heteroatoms. The number of ketones is 1. The summed E-state index contributed by atoms with van der Waals surface area (Å²) < 4.78 is 0. The summed E-state index contributed by atoms with van der Waals surface area (Å²) in [5, 5.41) is 22.6. The lowest BCUT2D eigenvalue weighted by atomic mass is 9.94. The molecular weight excluding hydrogens is 386 g/mol. The van der Waals surface area contributed by atoms with E-state index in [1.165, 1.54) is 30.5 Å². The Bertz CT molecular complexity index is 1180. The van der Waals surface area contributed by atoms with E-state index in [9.17, 15) is 24.8 Å². The molecule has 1 N–H and O–H groups in total. The fraction of sp³-hybridized carbons (Fsp3) is 0.0455. The van der Waals surface area contributed by atoms with Crippen LogP contribution < -0.4 is 4.90 Å². The number of nitro groups is 1. The lowest BCUT2D eigenvalue weighted by Crippen LogP contribution is -2.30. The predicted octanol–water partition coefficient (Wildman–Crippen LogP) is 3.62. The van der Waals surface area contributed by atoms with Gasteiger partial charge in [-0.3, -0.25) is 24.6 Å². The Morgan fingerprint density at radius 1 is 0.967 bits per heavy atom. The molecule has 0 aliphatic carbocycles. The number of rotatable bonds is 4. The molecule has 2 heterocycles. The van der Waals surface area contributed by atoms with Gasteiger partial charge in [0.2, 0.25) is 0 Å². The van der Waals surface area contributed by atoms with Gasteiger partial charge in [0.1, 0.15) is 17.6 Å². The maximum absolute atomic E-state index is 13.0. The monoisotopic (exact) mass is 401 g/mol. The highest BCUT2D eigenvalue weighted by Crippen LogP contribution is 2.44. The molecule has 1 atom stereocenters. The van der Waals surface area contributed by atoms with E-state index in [2.05, 4.69) is 4.98 Å². The summed E-state index contributed by atoms with van der Waals surface area (Å²) in [5.41, 5.74) is -0.0830. The van der Waals surface area contributed by atoms with Crippen LogP contribution in [0.5, 0.6) is 0 Å². The number of benzene rings is 2. The minimum absolute atomic E-state index is 0.102. The molecule has 0 radical (unpaired) electrons. The molecule has 0 saturated carbocycles. The Morgan fingerprint density at radius 3 is 2.30 bits per heavy atom. The van der Waals surface area contributed by atoms with E-state index in [1.807, 2.05) is 0 Å². The van der Waals surface area contributed by atoms with E-state index in [-0.39, 0.29) is 22.6 Å². The maximum Gasteiger partial charge on any atom is 0.301 e. The number of anilines is 1. The zero-order valence-electron chi connectivity index (χ0n) is 15.5. The van der Waals surface area contributed by atoms with Crippen LogP contribution >= 0.6 is 0 Å². The summed E-state index contributed by atoms with van der Waals surface area (Å²) in [6, 6.07) is 17.7. The highest BCUT2D eigenvalue weighted by molar-refractivity contribution is 6.51. The van der Waals surface area contributed by atoms with E-state index >= 15 is 0 Å². The average Bonchev–Trinajstić information content (AvgIpc) is 3.05. The standard InChI is InChI=1S/C22H15N3O5/c26-20(14-8-2-1-3-9-14)18-19(15-10-4-5-11-16(15)25(29)30)24(22(28)21(18)27)17-12-6-7-13-23-17/h1-13,19,26H/b20-18-. The summed E-state index contributed by atoms with van der Waals surface area (Å²) in [6.45, 7) is 0. The van der Waals surface area contributed by atoms with Gasteiger partial charge in [0.15, 0.2) is 0 Å². The number of amides is 1. The van der Waals surface area contributed by atoms with Crippen LogP contribution in [0.15, 0.2) is 84.6 Å². The van der Waals surface area contributed by atoms with Crippen molar-refractivity contribution in [3.05, 3.63) is 106 Å². The van der Waals surface area contributed by atoms with E-state index in [1.54, 1.807) is 48.5 Å². The molecular formula is C22H15N3O5. The Hall–Kier alpha value is -4.33. The number of Topliss-reactive ketones (excluding diaryl/α,β-unsaturated/α-hetero) is 1. The molecule has 0 spiro atoms. The Kier molecular flexibility index (Phi) is 4.81. The molecule has 0 bridgehead atoms. The van der Waals surface area contributed by atoms with Gasteiger partial charge in [0.05, 0.1) is 16.1 Å². The van der Waals surface area contributed by atoms with Crippen molar-refractivity contribution >= 4 is 29.0 Å². The second-order valence-corrected chi connectivity index (χ2v) is 6.54. The van der Waals surface area contributed by atoms with Gasteiger partial charge in [0, 0.05) is 17.8 Å². The smallest absolute Gasteiger partial charge is 0.301 e. The molecule has 1 aliphatic rings. The van der Waals surface area contributed by atoms with Crippen LogP contribution in [0, 0.1) is 10.1 Å². The van der Waals surface area contributed by atoms with Gasteiger partial charge in [-0.1, -0.05) is 48.5 Å². The fourth-order valence-corrected chi connectivity index (χ4v) is 3.50. The number of nitrogens with zero attached hydrogens (tertiary/aromatic N) is 3. The largest absolute Gasteiger partial charge is 0.507 e. The minimum atomic E-state index is -1.21. The van der Waals surface area contributed by atoms with Gasteiger partial charge in [-0.15, -0.1) is 0 Å². The summed E-state index contributed by atoms with van der Waals surface area (Å²) in [5.74, 6) is -2.12. The Labute approximate surface area is 170 Å². The normalized spacial score (nSPS) is 17.9. The molecule has 1 saturated heterocycles. The van der Waals surface area contributed by atoms with E-state index in [0.29, 0.717) is 5.56 Å². The lowest BCUT2D eigenvalue weighted by molar-refractivity contribution is -0.385. The quantitative estimate of drug-likeness (QED) is 0.235. The number of nitro benzene ring substituents is 1. The van der Waals surface area contributed by atoms with Crippen LogP contribution in [0.25, 0.3) is 5.76 Å². The molecule has 2 aromatic carbocycles. The van der Waals surface area contributed by atoms with Gasteiger partial charge in [-0.05, 0) is 18.2 Å². The topological polar surface area (TPSA) is 114 Å². The number of aliphatic hydroxyl groups is 1. The number of para-hydroxylation sites is 1. The molecule has 30 heavy (non-hydrogen) atoms. The lowest BCUT2D eigenvalue weighted by Gasteiger charge is -2.24. The van der Waals surface area contributed by atoms with Crippen molar-refractivity contribution in [3.63, 3.8) is 0 Å². The van der Waals surface area contributed by atoms with Crippen molar-refractivity contribution in [2.75, 3.05) is 4.90 Å². The first kappa shape index (κ1) is 19.0. The molecule has 1 fully saturated rings. The van der Waals surface area contributed by atoms with E-state index in [4.69, 9.17) is 0 Å². The van der Waals surface area contributed by atoms with Crippen LogP contribution in [0.3, 0.4) is 0 Å². The molecule has 3 aromatic rings. The number of hydrogen-bond donors (Lipinski definition) is 1. The molecule has 1 unspecified atom stereocenters. The highest BCUT2D eigenvalue weighted by Gasteiger charge is 2.49. The van der Waals surface area contributed by atoms with Crippen LogP contribution in [0.2, 0.25) is 0 Å². The molecule has 1 aliphatic heterocycles. The average molecular weight is 401 g/mol. The summed E-state index contributed by atoms with van der Waals surface area (Å²) in [7, 11) is 0. The number of aromatic nitrogens is 1. The number of aliphatic hydroxyl groups excluding tert-OH is 1. The molecule has 148 valence electrons. The molecule has 1 amide bonds. The summed E-state index contributed by atoms with van der Waals surface area (Å²) >= 11 is 0. The van der Waals surface area contributed by atoms with Gasteiger partial charge < -0.3 is 5.11 Å². The van der Waals surface area contributed by atoms with E-state index in [0.717, 1.165) is 4.90 Å². The third-order valence-corrected chi connectivity index (χ3v) is 4.82. The SMILES string of the molecule is O=C1C(=O)N(c2ccccn2)C(c2ccccc2[N+](=O)[O-])/C1=C(/O)c1ccccc1. The van der Waals surface area contributed by atoms with Crippen molar-refractivity contribution in [3.8, 4) is 0 Å². The fourth-order valence-electron chi connectivity index (χ4n) is 3.50. The Balaban J connectivity index is 2.02.